The summed E-state index contributed by atoms with van der Waals surface area (Å²) < 4.78 is 13.2. The molecule has 1 unspecified atom stereocenters. The van der Waals surface area contributed by atoms with Gasteiger partial charge >= 0.3 is 0 Å². The van der Waals surface area contributed by atoms with Crippen LogP contribution in [0.1, 0.15) is 24.0 Å². The molecule has 5 nitrogen and oxygen atoms in total. The summed E-state index contributed by atoms with van der Waals surface area (Å²) in [4.78, 5) is 17.1. The van der Waals surface area contributed by atoms with Crippen LogP contribution in [-0.4, -0.2) is 18.5 Å². The summed E-state index contributed by atoms with van der Waals surface area (Å²) in [7, 11) is 0. The monoisotopic (exact) mass is 406 g/mol. The van der Waals surface area contributed by atoms with Gasteiger partial charge < -0.3 is 10.5 Å². The number of carbonyl (C=O) groups excluding carboxylic acids is 1. The Labute approximate surface area is 176 Å². The van der Waals surface area contributed by atoms with Gasteiger partial charge in [-0.1, -0.05) is 35.4 Å². The van der Waals surface area contributed by atoms with E-state index in [1.807, 2.05) is 31.2 Å². The van der Waals surface area contributed by atoms with E-state index in [-0.39, 0.29) is 5.82 Å². The maximum atomic E-state index is 13.2. The van der Waals surface area contributed by atoms with Crippen LogP contribution in [0.3, 0.4) is 0 Å². The highest BCUT2D eigenvalue weighted by Crippen LogP contribution is 2.42. The molecule has 0 heterocycles. The zero-order chi connectivity index (χ0) is 21.6. The first-order valence-corrected chi connectivity index (χ1v) is 9.91. The molecule has 2 aromatic rings. The molecule has 30 heavy (non-hydrogen) atoms. The van der Waals surface area contributed by atoms with E-state index in [0.29, 0.717) is 37.2 Å². The van der Waals surface area contributed by atoms with Gasteiger partial charge in [-0.2, -0.15) is 0 Å². The molecular formula is C24H27FN4O. The number of aldehydes is 1. The van der Waals surface area contributed by atoms with Crippen molar-refractivity contribution in [2.24, 2.45) is 22.0 Å². The zero-order valence-electron chi connectivity index (χ0n) is 17.1. The van der Waals surface area contributed by atoms with Crippen molar-refractivity contribution in [1.82, 2.24) is 5.43 Å². The summed E-state index contributed by atoms with van der Waals surface area (Å²) in [5.74, 6) is 5.19. The molecule has 6 heteroatoms. The molecule has 0 fully saturated rings. The van der Waals surface area contributed by atoms with Crippen LogP contribution in [0.4, 0.5) is 10.1 Å². The second-order valence-electron chi connectivity index (χ2n) is 7.66. The largest absolute Gasteiger partial charge is 0.404 e. The molecule has 0 radical (unpaired) electrons. The van der Waals surface area contributed by atoms with E-state index in [2.05, 4.69) is 16.5 Å². The summed E-state index contributed by atoms with van der Waals surface area (Å²) in [6, 6.07) is 14.1. The smallest absolute Gasteiger partial charge is 0.130 e. The summed E-state index contributed by atoms with van der Waals surface area (Å²) >= 11 is 0. The number of hydrazine groups is 1. The van der Waals surface area contributed by atoms with E-state index >= 15 is 0 Å². The van der Waals surface area contributed by atoms with Crippen LogP contribution in [0.25, 0.3) is 0 Å². The lowest BCUT2D eigenvalue weighted by Crippen LogP contribution is -2.36. The van der Waals surface area contributed by atoms with Crippen LogP contribution in [-0.2, 0) is 11.2 Å². The van der Waals surface area contributed by atoms with Crippen LogP contribution in [0.2, 0.25) is 0 Å². The van der Waals surface area contributed by atoms with Gasteiger partial charge in [-0.3, -0.25) is 11.3 Å². The Morgan fingerprint density at radius 3 is 2.63 bits per heavy atom. The number of halogens is 1. The Balaban J connectivity index is 2.06. The third-order valence-electron chi connectivity index (χ3n) is 5.43. The quantitative estimate of drug-likeness (QED) is 0.372. The number of hydrogen-bond acceptors (Lipinski definition) is 5. The van der Waals surface area contributed by atoms with Gasteiger partial charge in [-0.15, -0.1) is 0 Å². The third-order valence-corrected chi connectivity index (χ3v) is 5.43. The van der Waals surface area contributed by atoms with Gasteiger partial charge in [0.15, 0.2) is 0 Å². The first-order chi connectivity index (χ1) is 14.5. The number of carbonyl (C=O) groups is 1. The number of rotatable bonds is 7. The van der Waals surface area contributed by atoms with Crippen LogP contribution in [0, 0.1) is 18.2 Å². The van der Waals surface area contributed by atoms with E-state index in [1.54, 1.807) is 12.1 Å². The fraction of sp³-hybridized carbons (Fsp3) is 0.250. The number of nitrogens with two attached hydrogens (primary N) is 2. The van der Waals surface area contributed by atoms with Crippen LogP contribution >= 0.6 is 0 Å². The number of allylic oxidation sites excluding steroid dienone is 2. The van der Waals surface area contributed by atoms with Crippen molar-refractivity contribution in [3.63, 3.8) is 0 Å². The SMILES string of the molecule is Cc1cccc(CC2(C=O)CC(=CN)C(=Nc3ccc(F)cc3)C=C2CCNN)c1. The molecule has 0 aliphatic heterocycles. The van der Waals surface area contributed by atoms with Crippen molar-refractivity contribution < 1.29 is 9.18 Å². The Bertz CT molecular complexity index is 995. The first kappa shape index (κ1) is 21.6. The molecule has 2 aromatic carbocycles. The van der Waals surface area contributed by atoms with Crippen LogP contribution < -0.4 is 17.0 Å². The fourth-order valence-electron chi connectivity index (χ4n) is 3.90. The lowest BCUT2D eigenvalue weighted by atomic mass is 9.67. The Hall–Kier alpha value is -3.09. The Morgan fingerprint density at radius 1 is 1.23 bits per heavy atom. The van der Waals surface area contributed by atoms with E-state index in [1.165, 1.54) is 18.3 Å². The summed E-state index contributed by atoms with van der Waals surface area (Å²) in [5, 5.41) is 0. The molecule has 0 spiro atoms. The van der Waals surface area contributed by atoms with Gasteiger partial charge in [-0.05, 0) is 73.9 Å². The van der Waals surface area contributed by atoms with Gasteiger partial charge in [0, 0.05) is 6.54 Å². The number of aryl methyl sites for hydroxylation is 1. The Kier molecular flexibility index (Phi) is 6.92. The van der Waals surface area contributed by atoms with E-state index in [9.17, 15) is 9.18 Å². The van der Waals surface area contributed by atoms with Crippen molar-refractivity contribution >= 4 is 17.7 Å². The molecular weight excluding hydrogens is 379 g/mol. The topological polar surface area (TPSA) is 93.5 Å². The zero-order valence-corrected chi connectivity index (χ0v) is 17.1. The predicted octanol–water partition coefficient (Wildman–Crippen LogP) is 3.66. The van der Waals surface area contributed by atoms with Gasteiger partial charge in [0.1, 0.15) is 12.1 Å². The summed E-state index contributed by atoms with van der Waals surface area (Å²) in [6.45, 7) is 2.56. The van der Waals surface area contributed by atoms with Gasteiger partial charge in [0.2, 0.25) is 0 Å². The fourth-order valence-corrected chi connectivity index (χ4v) is 3.90. The van der Waals surface area contributed by atoms with Crippen LogP contribution in [0.15, 0.2) is 76.9 Å². The highest BCUT2D eigenvalue weighted by Gasteiger charge is 2.39. The van der Waals surface area contributed by atoms with Crippen molar-refractivity contribution in [1.29, 1.82) is 0 Å². The van der Waals surface area contributed by atoms with E-state index < -0.39 is 5.41 Å². The highest BCUT2D eigenvalue weighted by molar-refractivity contribution is 6.12. The standard InChI is InChI=1S/C24H27FN4O/c1-17-3-2-4-18(11-17)13-24(16-30)14-19(15-26)23(12-20(24)9-10-28-27)29-22-7-5-21(25)6-8-22/h2-8,11-12,15-16,28H,9-10,13-14,26-27H2,1H3. The van der Waals surface area contributed by atoms with Crippen molar-refractivity contribution in [2.45, 2.75) is 26.2 Å². The number of benzene rings is 2. The molecule has 0 aromatic heterocycles. The number of aliphatic imine (C=N–C) groups is 1. The maximum Gasteiger partial charge on any atom is 0.130 e. The van der Waals surface area contributed by atoms with Crippen molar-refractivity contribution in [3.8, 4) is 0 Å². The molecule has 0 bridgehead atoms. The molecule has 1 atom stereocenters. The summed E-state index contributed by atoms with van der Waals surface area (Å²) in [5.41, 5.74) is 13.1. The molecule has 156 valence electrons. The summed E-state index contributed by atoms with van der Waals surface area (Å²) in [6.07, 6.45) is 6.06. The molecule has 3 rings (SSSR count). The van der Waals surface area contributed by atoms with Crippen molar-refractivity contribution in [2.75, 3.05) is 6.54 Å². The average molecular weight is 407 g/mol. The molecule has 0 saturated carbocycles. The lowest BCUT2D eigenvalue weighted by molar-refractivity contribution is -0.114. The minimum absolute atomic E-state index is 0.319. The van der Waals surface area contributed by atoms with E-state index in [0.717, 1.165) is 28.6 Å². The number of hydrogen-bond donors (Lipinski definition) is 3. The normalized spacial score (nSPS) is 21.6. The number of nitrogens with one attached hydrogen (secondary N) is 1. The van der Waals surface area contributed by atoms with Gasteiger partial charge in [-0.25, -0.2) is 9.38 Å². The molecule has 1 aliphatic rings. The second-order valence-corrected chi connectivity index (χ2v) is 7.66. The van der Waals surface area contributed by atoms with E-state index in [4.69, 9.17) is 11.6 Å². The molecule has 5 N–H and O–H groups in total. The lowest BCUT2D eigenvalue weighted by Gasteiger charge is -2.36. The molecule has 0 saturated heterocycles. The highest BCUT2D eigenvalue weighted by atomic mass is 19.1. The molecule has 0 amide bonds. The predicted molar refractivity (Wildman–Crippen MR) is 119 cm³/mol. The minimum Gasteiger partial charge on any atom is -0.404 e. The van der Waals surface area contributed by atoms with Gasteiger partial charge in [0.25, 0.3) is 0 Å². The minimum atomic E-state index is -0.725. The second kappa shape index (κ2) is 9.61. The first-order valence-electron chi connectivity index (χ1n) is 9.91. The third kappa shape index (κ3) is 4.90. The Morgan fingerprint density at radius 2 is 2.00 bits per heavy atom. The van der Waals surface area contributed by atoms with Gasteiger partial charge in [0.05, 0.1) is 16.8 Å². The maximum absolute atomic E-state index is 13.2. The number of nitrogens with zero attached hydrogens (tertiary/aromatic N) is 1. The van der Waals surface area contributed by atoms with Crippen molar-refractivity contribution in [3.05, 3.63) is 88.9 Å². The van der Waals surface area contributed by atoms with Crippen LogP contribution in [0.5, 0.6) is 0 Å². The molecule has 1 aliphatic carbocycles. The average Bonchev–Trinajstić information content (AvgIpc) is 2.75.